The molecule has 2 rings (SSSR count). The molecule has 0 N–H and O–H groups in total. The standard InChI is InChI=1S/C15H20FNO2/c1-2-14-11-19-8-7-17(14)10-15(18)9-12-3-5-13(16)6-4-12/h3-6,14H,2,7-11H2,1H3. The van der Waals surface area contributed by atoms with Gasteiger partial charge in [-0.3, -0.25) is 9.69 Å². The molecule has 0 bridgehead atoms. The van der Waals surface area contributed by atoms with Gasteiger partial charge in [-0.1, -0.05) is 19.1 Å². The smallest absolute Gasteiger partial charge is 0.151 e. The lowest BCUT2D eigenvalue weighted by Gasteiger charge is -2.34. The van der Waals surface area contributed by atoms with E-state index in [4.69, 9.17) is 4.74 Å². The van der Waals surface area contributed by atoms with Crippen LogP contribution in [0.5, 0.6) is 0 Å². The van der Waals surface area contributed by atoms with Crippen molar-refractivity contribution in [3.63, 3.8) is 0 Å². The van der Waals surface area contributed by atoms with Gasteiger partial charge in [0.2, 0.25) is 0 Å². The zero-order valence-corrected chi connectivity index (χ0v) is 11.3. The van der Waals surface area contributed by atoms with Gasteiger partial charge in [-0.25, -0.2) is 4.39 Å². The summed E-state index contributed by atoms with van der Waals surface area (Å²) in [6, 6.07) is 6.47. The molecule has 4 heteroatoms. The molecule has 104 valence electrons. The van der Waals surface area contributed by atoms with E-state index < -0.39 is 0 Å². The van der Waals surface area contributed by atoms with E-state index >= 15 is 0 Å². The second kappa shape index (κ2) is 6.78. The maximum Gasteiger partial charge on any atom is 0.151 e. The number of ketones is 1. The van der Waals surface area contributed by atoms with Gasteiger partial charge in [-0.2, -0.15) is 0 Å². The number of ether oxygens (including phenoxy) is 1. The molecule has 1 heterocycles. The summed E-state index contributed by atoms with van der Waals surface area (Å²) < 4.78 is 18.2. The van der Waals surface area contributed by atoms with Crippen LogP contribution in [0, 0.1) is 5.82 Å². The molecule has 19 heavy (non-hydrogen) atoms. The van der Waals surface area contributed by atoms with E-state index in [1.807, 2.05) is 0 Å². The first kappa shape index (κ1) is 14.2. The molecule has 1 aliphatic heterocycles. The lowest BCUT2D eigenvalue weighted by molar-refractivity contribution is -0.122. The molecule has 0 radical (unpaired) electrons. The minimum absolute atomic E-state index is 0.173. The van der Waals surface area contributed by atoms with Crippen LogP contribution in [0.15, 0.2) is 24.3 Å². The van der Waals surface area contributed by atoms with Crippen LogP contribution >= 0.6 is 0 Å². The van der Waals surface area contributed by atoms with Crippen LogP contribution in [-0.2, 0) is 16.0 Å². The Morgan fingerprint density at radius 3 is 2.84 bits per heavy atom. The maximum absolute atomic E-state index is 12.8. The fourth-order valence-corrected chi connectivity index (χ4v) is 2.39. The highest BCUT2D eigenvalue weighted by atomic mass is 19.1. The van der Waals surface area contributed by atoms with E-state index in [1.165, 1.54) is 12.1 Å². The van der Waals surface area contributed by atoms with Crippen molar-refractivity contribution in [2.45, 2.75) is 25.8 Å². The molecular formula is C15H20FNO2. The number of benzene rings is 1. The molecule has 3 nitrogen and oxygen atoms in total. The molecular weight excluding hydrogens is 245 g/mol. The molecule has 0 amide bonds. The first-order valence-electron chi connectivity index (χ1n) is 6.77. The summed E-state index contributed by atoms with van der Waals surface area (Å²) in [7, 11) is 0. The minimum atomic E-state index is -0.268. The van der Waals surface area contributed by atoms with Crippen molar-refractivity contribution in [3.8, 4) is 0 Å². The van der Waals surface area contributed by atoms with Crippen LogP contribution in [0.2, 0.25) is 0 Å². The van der Waals surface area contributed by atoms with Crippen LogP contribution < -0.4 is 0 Å². The van der Waals surface area contributed by atoms with Gasteiger partial charge in [-0.15, -0.1) is 0 Å². The van der Waals surface area contributed by atoms with Crippen molar-refractivity contribution < 1.29 is 13.9 Å². The lowest BCUT2D eigenvalue weighted by atomic mass is 10.1. The zero-order chi connectivity index (χ0) is 13.7. The number of hydrogen-bond donors (Lipinski definition) is 0. The SMILES string of the molecule is CCC1COCCN1CC(=O)Cc1ccc(F)cc1. The van der Waals surface area contributed by atoms with Crippen molar-refractivity contribution in [1.29, 1.82) is 0 Å². The second-order valence-corrected chi connectivity index (χ2v) is 4.95. The Bertz CT molecular complexity index is 419. The molecule has 0 aliphatic carbocycles. The number of halogens is 1. The molecule has 0 aromatic heterocycles. The Hall–Kier alpha value is -1.26. The van der Waals surface area contributed by atoms with Gasteiger partial charge in [0.1, 0.15) is 5.82 Å². The van der Waals surface area contributed by atoms with Crippen molar-refractivity contribution in [2.24, 2.45) is 0 Å². The Morgan fingerprint density at radius 2 is 2.16 bits per heavy atom. The minimum Gasteiger partial charge on any atom is -0.378 e. The van der Waals surface area contributed by atoms with Crippen molar-refractivity contribution in [1.82, 2.24) is 4.90 Å². The Labute approximate surface area is 113 Å². The highest BCUT2D eigenvalue weighted by molar-refractivity contribution is 5.82. The van der Waals surface area contributed by atoms with Crippen LogP contribution in [0.4, 0.5) is 4.39 Å². The highest BCUT2D eigenvalue weighted by Crippen LogP contribution is 2.11. The fraction of sp³-hybridized carbons (Fsp3) is 0.533. The normalized spacial score (nSPS) is 20.4. The molecule has 1 fully saturated rings. The summed E-state index contributed by atoms with van der Waals surface area (Å²) >= 11 is 0. The van der Waals surface area contributed by atoms with Gasteiger partial charge in [0, 0.05) is 19.0 Å². The van der Waals surface area contributed by atoms with Gasteiger partial charge in [0.05, 0.1) is 19.8 Å². The average Bonchev–Trinajstić information content (AvgIpc) is 2.42. The average molecular weight is 265 g/mol. The van der Waals surface area contributed by atoms with Crippen LogP contribution in [-0.4, -0.2) is 43.0 Å². The monoisotopic (exact) mass is 265 g/mol. The summed E-state index contributed by atoms with van der Waals surface area (Å²) in [6.07, 6.45) is 1.36. The number of carbonyl (C=O) groups is 1. The summed E-state index contributed by atoms with van der Waals surface area (Å²) in [5.74, 6) is -0.0950. The van der Waals surface area contributed by atoms with E-state index in [0.717, 1.165) is 18.5 Å². The summed E-state index contributed by atoms with van der Waals surface area (Å²) in [5.41, 5.74) is 0.868. The van der Waals surface area contributed by atoms with E-state index in [0.29, 0.717) is 32.2 Å². The third-order valence-corrected chi connectivity index (χ3v) is 3.51. The molecule has 1 unspecified atom stereocenters. The van der Waals surface area contributed by atoms with E-state index in [2.05, 4.69) is 11.8 Å². The van der Waals surface area contributed by atoms with E-state index in [-0.39, 0.29) is 11.6 Å². The number of hydrogen-bond acceptors (Lipinski definition) is 3. The van der Waals surface area contributed by atoms with Gasteiger partial charge in [0.25, 0.3) is 0 Å². The van der Waals surface area contributed by atoms with Crippen molar-refractivity contribution >= 4 is 5.78 Å². The van der Waals surface area contributed by atoms with Gasteiger partial charge in [-0.05, 0) is 24.1 Å². The molecule has 0 saturated carbocycles. The highest BCUT2D eigenvalue weighted by Gasteiger charge is 2.23. The maximum atomic E-state index is 12.8. The first-order valence-corrected chi connectivity index (χ1v) is 6.77. The van der Waals surface area contributed by atoms with Crippen LogP contribution in [0.25, 0.3) is 0 Å². The molecule has 1 aromatic carbocycles. The zero-order valence-electron chi connectivity index (χ0n) is 11.3. The van der Waals surface area contributed by atoms with Gasteiger partial charge in [0.15, 0.2) is 5.78 Å². The predicted octanol–water partition coefficient (Wildman–Crippen LogP) is 2.05. The molecule has 0 spiro atoms. The van der Waals surface area contributed by atoms with Crippen LogP contribution in [0.1, 0.15) is 18.9 Å². The Balaban J connectivity index is 1.88. The van der Waals surface area contributed by atoms with Gasteiger partial charge < -0.3 is 4.74 Å². The molecule has 1 aliphatic rings. The van der Waals surface area contributed by atoms with E-state index in [9.17, 15) is 9.18 Å². The van der Waals surface area contributed by atoms with Crippen molar-refractivity contribution in [2.75, 3.05) is 26.3 Å². The first-order chi connectivity index (χ1) is 9.19. The summed E-state index contributed by atoms with van der Waals surface area (Å²) in [4.78, 5) is 14.2. The largest absolute Gasteiger partial charge is 0.378 e. The lowest BCUT2D eigenvalue weighted by Crippen LogP contribution is -2.47. The number of nitrogens with zero attached hydrogens (tertiary/aromatic N) is 1. The third kappa shape index (κ3) is 4.11. The summed E-state index contributed by atoms with van der Waals surface area (Å²) in [6.45, 7) is 4.78. The quantitative estimate of drug-likeness (QED) is 0.816. The molecule has 1 saturated heterocycles. The van der Waals surface area contributed by atoms with E-state index in [1.54, 1.807) is 12.1 Å². The predicted molar refractivity (Wildman–Crippen MR) is 71.6 cm³/mol. The Morgan fingerprint density at radius 1 is 1.42 bits per heavy atom. The Kier molecular flexibility index (Phi) is 5.05. The summed E-state index contributed by atoms with van der Waals surface area (Å²) in [5, 5.41) is 0. The third-order valence-electron chi connectivity index (χ3n) is 3.51. The molecule has 1 atom stereocenters. The second-order valence-electron chi connectivity index (χ2n) is 4.95. The number of Topliss-reactive ketones (excluding diaryl/α,β-unsaturated/α-hetero) is 1. The number of morpholine rings is 1. The van der Waals surface area contributed by atoms with Crippen molar-refractivity contribution in [3.05, 3.63) is 35.6 Å². The van der Waals surface area contributed by atoms with Gasteiger partial charge >= 0.3 is 0 Å². The number of carbonyl (C=O) groups excluding carboxylic acids is 1. The fourth-order valence-electron chi connectivity index (χ4n) is 2.39. The number of rotatable bonds is 5. The molecule has 1 aromatic rings. The van der Waals surface area contributed by atoms with Crippen LogP contribution in [0.3, 0.4) is 0 Å². The topological polar surface area (TPSA) is 29.5 Å².